The van der Waals surface area contributed by atoms with Gasteiger partial charge in [0.05, 0.1) is 0 Å². The van der Waals surface area contributed by atoms with Gasteiger partial charge in [-0.25, -0.2) is 0 Å². The smallest absolute Gasteiger partial charge is 0.245 e. The molecular weight excluding hydrogens is 249 g/mol. The molecule has 0 fully saturated rings. The van der Waals surface area contributed by atoms with Gasteiger partial charge in [-0.1, -0.05) is 29.3 Å². The van der Waals surface area contributed by atoms with Gasteiger partial charge in [0.2, 0.25) is 5.91 Å². The topological polar surface area (TPSA) is 38.3 Å². The summed E-state index contributed by atoms with van der Waals surface area (Å²) in [6, 6.07) is 5.32. The Kier molecular flexibility index (Phi) is 5.60. The van der Waals surface area contributed by atoms with Gasteiger partial charge in [0.1, 0.15) is 6.61 Å². The highest BCUT2D eigenvalue weighted by atomic mass is 35.5. The van der Waals surface area contributed by atoms with E-state index in [4.69, 9.17) is 27.9 Å². The highest BCUT2D eigenvalue weighted by molar-refractivity contribution is 6.35. The summed E-state index contributed by atoms with van der Waals surface area (Å²) in [5.41, 5.74) is 0.962. The quantitative estimate of drug-likeness (QED) is 0.884. The van der Waals surface area contributed by atoms with E-state index >= 15 is 0 Å². The molecule has 1 rings (SSSR count). The first-order valence-electron chi connectivity index (χ1n) is 4.83. The van der Waals surface area contributed by atoms with E-state index in [1.165, 1.54) is 7.11 Å². The predicted molar refractivity (Wildman–Crippen MR) is 65.1 cm³/mol. The molecule has 1 aromatic carbocycles. The summed E-state index contributed by atoms with van der Waals surface area (Å²) < 4.78 is 4.69. The van der Waals surface area contributed by atoms with Crippen LogP contribution in [0.5, 0.6) is 0 Å². The highest BCUT2D eigenvalue weighted by Gasteiger charge is 2.03. The Bertz CT molecular complexity index is 369. The third-order valence-electron chi connectivity index (χ3n) is 2.01. The highest BCUT2D eigenvalue weighted by Crippen LogP contribution is 2.20. The van der Waals surface area contributed by atoms with Crippen LogP contribution in [-0.4, -0.2) is 26.2 Å². The molecule has 3 nitrogen and oxygen atoms in total. The van der Waals surface area contributed by atoms with Crippen molar-refractivity contribution in [1.82, 2.24) is 5.32 Å². The molecule has 1 aromatic rings. The van der Waals surface area contributed by atoms with Crippen LogP contribution in [-0.2, 0) is 16.0 Å². The van der Waals surface area contributed by atoms with Gasteiger partial charge in [0, 0.05) is 23.7 Å². The molecule has 0 unspecified atom stereocenters. The lowest BCUT2D eigenvalue weighted by Gasteiger charge is -2.06. The fourth-order valence-corrected chi connectivity index (χ4v) is 1.75. The molecule has 88 valence electrons. The number of hydrogen-bond acceptors (Lipinski definition) is 2. The standard InChI is InChI=1S/C11H13Cl2NO2/c1-16-7-11(15)14-5-4-8-2-3-9(12)6-10(8)13/h2-3,6H,4-5,7H2,1H3,(H,14,15). The van der Waals surface area contributed by atoms with Gasteiger partial charge in [-0.2, -0.15) is 0 Å². The Morgan fingerprint density at radius 2 is 2.19 bits per heavy atom. The van der Waals surface area contributed by atoms with Crippen molar-refractivity contribution in [1.29, 1.82) is 0 Å². The van der Waals surface area contributed by atoms with Crippen LogP contribution in [0.4, 0.5) is 0 Å². The van der Waals surface area contributed by atoms with Gasteiger partial charge in [0.15, 0.2) is 0 Å². The second-order valence-electron chi connectivity index (χ2n) is 3.27. The van der Waals surface area contributed by atoms with Crippen molar-refractivity contribution in [2.75, 3.05) is 20.3 Å². The normalized spacial score (nSPS) is 10.2. The van der Waals surface area contributed by atoms with Crippen molar-refractivity contribution in [3.05, 3.63) is 33.8 Å². The van der Waals surface area contributed by atoms with Crippen LogP contribution in [0.15, 0.2) is 18.2 Å². The van der Waals surface area contributed by atoms with Crippen LogP contribution in [0, 0.1) is 0 Å². The minimum atomic E-state index is -0.132. The molecule has 0 aliphatic heterocycles. The lowest BCUT2D eigenvalue weighted by Crippen LogP contribution is -2.29. The number of ether oxygens (including phenoxy) is 1. The average Bonchev–Trinajstić information content (AvgIpc) is 2.22. The monoisotopic (exact) mass is 261 g/mol. The number of hydrogen-bond donors (Lipinski definition) is 1. The first-order valence-corrected chi connectivity index (χ1v) is 5.58. The van der Waals surface area contributed by atoms with Gasteiger partial charge < -0.3 is 10.1 Å². The van der Waals surface area contributed by atoms with E-state index in [-0.39, 0.29) is 12.5 Å². The van der Waals surface area contributed by atoms with E-state index in [2.05, 4.69) is 5.32 Å². The molecule has 16 heavy (non-hydrogen) atoms. The summed E-state index contributed by atoms with van der Waals surface area (Å²) in [6.45, 7) is 0.609. The first kappa shape index (κ1) is 13.3. The van der Waals surface area contributed by atoms with E-state index in [1.54, 1.807) is 12.1 Å². The zero-order valence-corrected chi connectivity index (χ0v) is 10.4. The number of carbonyl (C=O) groups excluding carboxylic acids is 1. The number of rotatable bonds is 5. The van der Waals surface area contributed by atoms with Crippen molar-refractivity contribution < 1.29 is 9.53 Å². The van der Waals surface area contributed by atoms with Crippen LogP contribution in [0.25, 0.3) is 0 Å². The third kappa shape index (κ3) is 4.39. The Morgan fingerprint density at radius 1 is 1.44 bits per heavy atom. The van der Waals surface area contributed by atoms with E-state index < -0.39 is 0 Å². The maximum Gasteiger partial charge on any atom is 0.245 e. The van der Waals surface area contributed by atoms with Crippen LogP contribution in [0.1, 0.15) is 5.56 Å². The van der Waals surface area contributed by atoms with E-state index in [0.717, 1.165) is 5.56 Å². The van der Waals surface area contributed by atoms with E-state index in [9.17, 15) is 4.79 Å². The zero-order valence-electron chi connectivity index (χ0n) is 8.93. The Hall–Kier alpha value is -0.770. The molecule has 1 amide bonds. The van der Waals surface area contributed by atoms with Crippen LogP contribution >= 0.6 is 23.2 Å². The minimum absolute atomic E-state index is 0.0777. The number of amides is 1. The molecule has 0 saturated carbocycles. The SMILES string of the molecule is COCC(=O)NCCc1ccc(Cl)cc1Cl. The second-order valence-corrected chi connectivity index (χ2v) is 4.11. The Morgan fingerprint density at radius 3 is 2.81 bits per heavy atom. The lowest BCUT2D eigenvalue weighted by atomic mass is 10.1. The molecule has 0 spiro atoms. The number of nitrogens with one attached hydrogen (secondary N) is 1. The lowest BCUT2D eigenvalue weighted by molar-refractivity contribution is -0.124. The molecule has 0 aromatic heterocycles. The number of carbonyl (C=O) groups is 1. The van der Waals surface area contributed by atoms with Crippen LogP contribution < -0.4 is 5.32 Å². The summed E-state index contributed by atoms with van der Waals surface area (Å²) in [5.74, 6) is -0.132. The third-order valence-corrected chi connectivity index (χ3v) is 2.59. The predicted octanol–water partition coefficient (Wildman–Crippen LogP) is 2.30. The fraction of sp³-hybridized carbons (Fsp3) is 0.364. The summed E-state index contributed by atoms with van der Waals surface area (Å²) in [7, 11) is 1.48. The Balaban J connectivity index is 2.40. The average molecular weight is 262 g/mol. The van der Waals surface area contributed by atoms with Gasteiger partial charge in [-0.05, 0) is 24.1 Å². The van der Waals surface area contributed by atoms with E-state index in [1.807, 2.05) is 6.07 Å². The molecule has 0 aliphatic rings. The summed E-state index contributed by atoms with van der Waals surface area (Å²) in [6.07, 6.45) is 0.672. The van der Waals surface area contributed by atoms with Gasteiger partial charge in [-0.15, -0.1) is 0 Å². The van der Waals surface area contributed by atoms with Gasteiger partial charge in [-0.3, -0.25) is 4.79 Å². The molecule has 0 heterocycles. The van der Waals surface area contributed by atoms with Crippen LogP contribution in [0.2, 0.25) is 10.0 Å². The number of halogens is 2. The minimum Gasteiger partial charge on any atom is -0.375 e. The maximum atomic E-state index is 11.1. The molecule has 0 aliphatic carbocycles. The summed E-state index contributed by atoms with van der Waals surface area (Å²) >= 11 is 11.8. The van der Waals surface area contributed by atoms with Gasteiger partial charge in [0.25, 0.3) is 0 Å². The largest absolute Gasteiger partial charge is 0.375 e. The van der Waals surface area contributed by atoms with Crippen molar-refractivity contribution in [2.45, 2.75) is 6.42 Å². The number of benzene rings is 1. The molecule has 0 saturated heterocycles. The van der Waals surface area contributed by atoms with Crippen molar-refractivity contribution in [2.24, 2.45) is 0 Å². The van der Waals surface area contributed by atoms with Crippen LogP contribution in [0.3, 0.4) is 0 Å². The second kappa shape index (κ2) is 6.74. The zero-order chi connectivity index (χ0) is 12.0. The molecule has 5 heteroatoms. The van der Waals surface area contributed by atoms with Crippen molar-refractivity contribution in [3.8, 4) is 0 Å². The van der Waals surface area contributed by atoms with E-state index in [0.29, 0.717) is 23.0 Å². The maximum absolute atomic E-state index is 11.1. The fourth-order valence-electron chi connectivity index (χ4n) is 1.24. The molecule has 1 N–H and O–H groups in total. The van der Waals surface area contributed by atoms with Gasteiger partial charge >= 0.3 is 0 Å². The number of methoxy groups -OCH3 is 1. The molecule has 0 bridgehead atoms. The summed E-state index contributed by atoms with van der Waals surface area (Å²) in [5, 5.41) is 3.95. The first-order chi connectivity index (χ1) is 7.63. The molecule has 0 atom stereocenters. The molecule has 0 radical (unpaired) electrons. The Labute approximate surface area is 105 Å². The molecular formula is C11H13Cl2NO2. The van der Waals surface area contributed by atoms with Crippen molar-refractivity contribution >= 4 is 29.1 Å². The van der Waals surface area contributed by atoms with Crippen molar-refractivity contribution in [3.63, 3.8) is 0 Å². The summed E-state index contributed by atoms with van der Waals surface area (Å²) in [4.78, 5) is 11.1.